The smallest absolute Gasteiger partial charge is 0.161 e. The van der Waals surface area contributed by atoms with Gasteiger partial charge in [0.05, 0.1) is 24.4 Å². The van der Waals surface area contributed by atoms with Crippen molar-refractivity contribution in [3.8, 4) is 5.75 Å². The number of ether oxygens (including phenoxy) is 1. The van der Waals surface area contributed by atoms with Crippen LogP contribution < -0.4 is 4.74 Å². The molecule has 1 heterocycles. The maximum Gasteiger partial charge on any atom is 0.161 e. The Morgan fingerprint density at radius 3 is 2.73 bits per heavy atom. The standard InChI is InChI=1S/C7H11ClN2O/c1-5(8)7-6(11-3)4-9-10(7)2/h4-5H,1-3H3. The van der Waals surface area contributed by atoms with Crippen molar-refractivity contribution in [2.75, 3.05) is 7.11 Å². The van der Waals surface area contributed by atoms with E-state index in [1.165, 1.54) is 0 Å². The van der Waals surface area contributed by atoms with Gasteiger partial charge in [0.15, 0.2) is 5.75 Å². The molecule has 11 heavy (non-hydrogen) atoms. The summed E-state index contributed by atoms with van der Waals surface area (Å²) in [7, 11) is 3.45. The van der Waals surface area contributed by atoms with Crippen LogP contribution in [0.15, 0.2) is 6.20 Å². The van der Waals surface area contributed by atoms with Gasteiger partial charge in [-0.25, -0.2) is 0 Å². The summed E-state index contributed by atoms with van der Waals surface area (Å²) in [6, 6.07) is 0. The lowest BCUT2D eigenvalue weighted by Crippen LogP contribution is -1.99. The Balaban J connectivity index is 3.07. The molecule has 1 unspecified atom stereocenters. The van der Waals surface area contributed by atoms with E-state index in [9.17, 15) is 0 Å². The Morgan fingerprint density at radius 1 is 1.73 bits per heavy atom. The van der Waals surface area contributed by atoms with Crippen molar-refractivity contribution in [2.45, 2.75) is 12.3 Å². The van der Waals surface area contributed by atoms with Crippen LogP contribution in [0.4, 0.5) is 0 Å². The zero-order valence-electron chi connectivity index (χ0n) is 6.84. The zero-order valence-corrected chi connectivity index (χ0v) is 7.59. The van der Waals surface area contributed by atoms with E-state index in [0.29, 0.717) is 0 Å². The highest BCUT2D eigenvalue weighted by Gasteiger charge is 2.13. The molecular formula is C7H11ClN2O. The first-order valence-corrected chi connectivity index (χ1v) is 3.80. The number of hydrogen-bond donors (Lipinski definition) is 0. The number of halogens is 1. The van der Waals surface area contributed by atoms with Gasteiger partial charge >= 0.3 is 0 Å². The first-order valence-electron chi connectivity index (χ1n) is 3.36. The van der Waals surface area contributed by atoms with Crippen LogP contribution >= 0.6 is 11.6 Å². The highest BCUT2D eigenvalue weighted by atomic mass is 35.5. The molecule has 0 fully saturated rings. The summed E-state index contributed by atoms with van der Waals surface area (Å²) in [5.41, 5.74) is 0.911. The Morgan fingerprint density at radius 2 is 2.36 bits per heavy atom. The molecule has 0 N–H and O–H groups in total. The van der Waals surface area contributed by atoms with E-state index in [2.05, 4.69) is 5.10 Å². The highest BCUT2D eigenvalue weighted by Crippen LogP contribution is 2.27. The number of hydrogen-bond acceptors (Lipinski definition) is 2. The lowest BCUT2D eigenvalue weighted by molar-refractivity contribution is 0.408. The van der Waals surface area contributed by atoms with E-state index in [0.717, 1.165) is 11.4 Å². The first kappa shape index (κ1) is 8.40. The van der Waals surface area contributed by atoms with E-state index in [4.69, 9.17) is 16.3 Å². The molecule has 0 aliphatic rings. The van der Waals surface area contributed by atoms with Gasteiger partial charge in [-0.15, -0.1) is 11.6 Å². The predicted molar refractivity (Wildman–Crippen MR) is 44.0 cm³/mol. The Bertz CT molecular complexity index is 245. The molecule has 1 aromatic heterocycles. The van der Waals surface area contributed by atoms with Crippen molar-refractivity contribution in [3.63, 3.8) is 0 Å². The van der Waals surface area contributed by atoms with Gasteiger partial charge in [-0.3, -0.25) is 4.68 Å². The fourth-order valence-corrected chi connectivity index (χ4v) is 1.29. The molecule has 0 spiro atoms. The lowest BCUT2D eigenvalue weighted by atomic mass is 10.3. The monoisotopic (exact) mass is 174 g/mol. The number of methoxy groups -OCH3 is 1. The number of nitrogens with zero attached hydrogens (tertiary/aromatic N) is 2. The Kier molecular flexibility index (Phi) is 2.39. The van der Waals surface area contributed by atoms with E-state index in [1.807, 2.05) is 14.0 Å². The molecular weight excluding hydrogens is 164 g/mol. The molecule has 0 aliphatic carbocycles. The third-order valence-electron chi connectivity index (χ3n) is 1.55. The summed E-state index contributed by atoms with van der Waals surface area (Å²) in [5.74, 6) is 0.745. The molecule has 1 atom stereocenters. The van der Waals surface area contributed by atoms with E-state index in [1.54, 1.807) is 18.0 Å². The minimum atomic E-state index is -0.0718. The van der Waals surface area contributed by atoms with Crippen molar-refractivity contribution in [2.24, 2.45) is 7.05 Å². The summed E-state index contributed by atoms with van der Waals surface area (Å²) >= 11 is 5.89. The average Bonchev–Trinajstić information content (AvgIpc) is 2.30. The number of aryl methyl sites for hydroxylation is 1. The van der Waals surface area contributed by atoms with Crippen molar-refractivity contribution in [3.05, 3.63) is 11.9 Å². The van der Waals surface area contributed by atoms with Crippen LogP contribution in [0.1, 0.15) is 18.0 Å². The molecule has 0 amide bonds. The van der Waals surface area contributed by atoms with Crippen LogP contribution in [-0.4, -0.2) is 16.9 Å². The van der Waals surface area contributed by atoms with Crippen LogP contribution in [0.2, 0.25) is 0 Å². The number of rotatable bonds is 2. The van der Waals surface area contributed by atoms with Gasteiger partial charge in [0.2, 0.25) is 0 Å². The summed E-state index contributed by atoms with van der Waals surface area (Å²) < 4.78 is 6.78. The van der Waals surface area contributed by atoms with Gasteiger partial charge in [0.25, 0.3) is 0 Å². The fourth-order valence-electron chi connectivity index (χ4n) is 1.04. The van der Waals surface area contributed by atoms with E-state index < -0.39 is 0 Å². The summed E-state index contributed by atoms with van der Waals surface area (Å²) in [6.45, 7) is 1.89. The second kappa shape index (κ2) is 3.13. The molecule has 0 saturated carbocycles. The minimum Gasteiger partial charge on any atom is -0.493 e. The molecule has 0 radical (unpaired) electrons. The molecule has 4 heteroatoms. The van der Waals surface area contributed by atoms with Crippen LogP contribution in [0.3, 0.4) is 0 Å². The maximum absolute atomic E-state index is 5.89. The molecule has 0 aliphatic heterocycles. The van der Waals surface area contributed by atoms with Crippen molar-refractivity contribution < 1.29 is 4.74 Å². The number of aromatic nitrogens is 2. The fraction of sp³-hybridized carbons (Fsp3) is 0.571. The largest absolute Gasteiger partial charge is 0.493 e. The normalized spacial score (nSPS) is 13.1. The molecule has 3 nitrogen and oxygen atoms in total. The Labute approximate surface area is 70.9 Å². The van der Waals surface area contributed by atoms with Crippen LogP contribution in [0, 0.1) is 0 Å². The van der Waals surface area contributed by atoms with Crippen LogP contribution in [-0.2, 0) is 7.05 Å². The van der Waals surface area contributed by atoms with Gasteiger partial charge in [0, 0.05) is 7.05 Å². The summed E-state index contributed by atoms with van der Waals surface area (Å²) in [6.07, 6.45) is 1.66. The highest BCUT2D eigenvalue weighted by molar-refractivity contribution is 6.20. The number of alkyl halides is 1. The average molecular weight is 175 g/mol. The quantitative estimate of drug-likeness (QED) is 0.639. The molecule has 1 aromatic rings. The molecule has 0 bridgehead atoms. The second-order valence-electron chi connectivity index (χ2n) is 2.34. The lowest BCUT2D eigenvalue weighted by Gasteiger charge is -2.05. The predicted octanol–water partition coefficient (Wildman–Crippen LogP) is 1.73. The van der Waals surface area contributed by atoms with E-state index >= 15 is 0 Å². The molecule has 62 valence electrons. The van der Waals surface area contributed by atoms with Crippen molar-refractivity contribution in [1.82, 2.24) is 9.78 Å². The van der Waals surface area contributed by atoms with Gasteiger partial charge in [-0.1, -0.05) is 0 Å². The van der Waals surface area contributed by atoms with Gasteiger partial charge in [0.1, 0.15) is 0 Å². The SMILES string of the molecule is COc1cnn(C)c1C(C)Cl. The third-order valence-corrected chi connectivity index (χ3v) is 1.75. The summed E-state index contributed by atoms with van der Waals surface area (Å²) in [5, 5.41) is 3.94. The van der Waals surface area contributed by atoms with E-state index in [-0.39, 0.29) is 5.38 Å². The van der Waals surface area contributed by atoms with Gasteiger partial charge < -0.3 is 4.74 Å². The van der Waals surface area contributed by atoms with Crippen LogP contribution in [0.5, 0.6) is 5.75 Å². The topological polar surface area (TPSA) is 27.1 Å². The maximum atomic E-state index is 5.89. The van der Waals surface area contributed by atoms with Crippen LogP contribution in [0.25, 0.3) is 0 Å². The first-order chi connectivity index (χ1) is 5.16. The third kappa shape index (κ3) is 1.48. The second-order valence-corrected chi connectivity index (χ2v) is 2.99. The molecule has 0 saturated heterocycles. The minimum absolute atomic E-state index is 0.0718. The van der Waals surface area contributed by atoms with Gasteiger partial charge in [-0.05, 0) is 6.92 Å². The van der Waals surface area contributed by atoms with Gasteiger partial charge in [-0.2, -0.15) is 5.10 Å². The van der Waals surface area contributed by atoms with Crippen molar-refractivity contribution >= 4 is 11.6 Å². The van der Waals surface area contributed by atoms with Crippen molar-refractivity contribution in [1.29, 1.82) is 0 Å². The summed E-state index contributed by atoms with van der Waals surface area (Å²) in [4.78, 5) is 0. The molecule has 0 aromatic carbocycles. The molecule has 1 rings (SSSR count). The Hall–Kier alpha value is -0.700. The zero-order chi connectivity index (χ0) is 8.43.